The Morgan fingerprint density at radius 1 is 0.714 bits per heavy atom. The SMILES string of the molecule is C=CCN[Si](NCC=C)(C1CCCCC1)C1CCCCC1. The summed E-state index contributed by atoms with van der Waals surface area (Å²) in [5.74, 6) is 0. The number of hydrogen-bond acceptors (Lipinski definition) is 2. The molecular weight excluding hydrogens is 272 g/mol. The molecule has 2 aliphatic carbocycles. The topological polar surface area (TPSA) is 24.1 Å². The second-order valence-electron chi connectivity index (χ2n) is 6.88. The van der Waals surface area contributed by atoms with Crippen molar-refractivity contribution in [3.63, 3.8) is 0 Å². The van der Waals surface area contributed by atoms with Crippen LogP contribution in [0, 0.1) is 0 Å². The summed E-state index contributed by atoms with van der Waals surface area (Å²) in [6, 6.07) is 0. The molecule has 0 bridgehead atoms. The summed E-state index contributed by atoms with van der Waals surface area (Å²) in [5, 5.41) is 0. The molecule has 2 nitrogen and oxygen atoms in total. The number of rotatable bonds is 8. The van der Waals surface area contributed by atoms with Crippen molar-refractivity contribution >= 4 is 8.40 Å². The van der Waals surface area contributed by atoms with Crippen molar-refractivity contribution in [1.29, 1.82) is 0 Å². The van der Waals surface area contributed by atoms with Crippen LogP contribution in [0.15, 0.2) is 25.3 Å². The predicted molar refractivity (Wildman–Crippen MR) is 95.8 cm³/mol. The van der Waals surface area contributed by atoms with E-state index in [9.17, 15) is 0 Å². The molecule has 0 aromatic rings. The molecule has 0 saturated heterocycles. The molecule has 0 spiro atoms. The van der Waals surface area contributed by atoms with Gasteiger partial charge in [-0.1, -0.05) is 76.4 Å². The molecule has 2 rings (SSSR count). The van der Waals surface area contributed by atoms with Gasteiger partial charge in [-0.2, -0.15) is 0 Å². The average molecular weight is 307 g/mol. The van der Waals surface area contributed by atoms with E-state index in [-0.39, 0.29) is 0 Å². The zero-order valence-electron chi connectivity index (χ0n) is 13.7. The molecule has 0 aromatic heterocycles. The quantitative estimate of drug-likeness (QED) is 0.504. The lowest BCUT2D eigenvalue weighted by Gasteiger charge is -2.48. The molecule has 21 heavy (non-hydrogen) atoms. The van der Waals surface area contributed by atoms with E-state index in [1.165, 1.54) is 64.2 Å². The third-order valence-electron chi connectivity index (χ3n) is 5.58. The second-order valence-corrected chi connectivity index (χ2v) is 11.0. The van der Waals surface area contributed by atoms with Crippen molar-refractivity contribution in [1.82, 2.24) is 9.96 Å². The summed E-state index contributed by atoms with van der Waals surface area (Å²) in [5.41, 5.74) is 1.79. The van der Waals surface area contributed by atoms with E-state index >= 15 is 0 Å². The standard InChI is InChI=1S/C18H34N2Si/c1-3-15-19-21(20-16-4-2,17-11-7-5-8-12-17)18-13-9-6-10-14-18/h3-4,17-20H,1-2,5-16H2. The zero-order chi connectivity index (χ0) is 15.0. The van der Waals surface area contributed by atoms with Gasteiger partial charge in [-0.3, -0.25) is 0 Å². The Morgan fingerprint density at radius 2 is 1.10 bits per heavy atom. The molecule has 2 fully saturated rings. The Bertz CT molecular complexity index is 285. The summed E-state index contributed by atoms with van der Waals surface area (Å²) in [7, 11) is -1.68. The number of hydrogen-bond donors (Lipinski definition) is 2. The normalized spacial score (nSPS) is 22.1. The van der Waals surface area contributed by atoms with Crippen LogP contribution in [0.1, 0.15) is 64.2 Å². The van der Waals surface area contributed by atoms with Crippen LogP contribution in [0.2, 0.25) is 11.1 Å². The van der Waals surface area contributed by atoms with Crippen molar-refractivity contribution in [2.45, 2.75) is 75.3 Å². The van der Waals surface area contributed by atoms with Crippen molar-refractivity contribution in [3.8, 4) is 0 Å². The highest BCUT2D eigenvalue weighted by molar-refractivity contribution is 6.78. The minimum absolute atomic E-state index is 0.897. The minimum atomic E-state index is -1.68. The molecule has 0 aliphatic heterocycles. The van der Waals surface area contributed by atoms with Crippen molar-refractivity contribution in [2.24, 2.45) is 0 Å². The van der Waals surface area contributed by atoms with Gasteiger partial charge in [0.05, 0.1) is 0 Å². The lowest BCUT2D eigenvalue weighted by Crippen LogP contribution is -2.68. The fraction of sp³-hybridized carbons (Fsp3) is 0.778. The van der Waals surface area contributed by atoms with Gasteiger partial charge in [0.15, 0.2) is 0 Å². The summed E-state index contributed by atoms with van der Waals surface area (Å²) in [4.78, 5) is 8.04. The highest BCUT2D eigenvalue weighted by Crippen LogP contribution is 2.45. The summed E-state index contributed by atoms with van der Waals surface area (Å²) in [6.45, 7) is 9.82. The van der Waals surface area contributed by atoms with Crippen LogP contribution < -0.4 is 9.96 Å². The lowest BCUT2D eigenvalue weighted by atomic mass is 9.99. The summed E-state index contributed by atoms with van der Waals surface area (Å²) in [6.07, 6.45) is 18.4. The molecule has 120 valence electrons. The molecule has 2 aliphatic rings. The maximum absolute atomic E-state index is 4.02. The van der Waals surface area contributed by atoms with E-state index < -0.39 is 8.40 Å². The minimum Gasteiger partial charge on any atom is -0.322 e. The molecule has 0 atom stereocenters. The van der Waals surface area contributed by atoms with Gasteiger partial charge in [0.1, 0.15) is 0 Å². The van der Waals surface area contributed by atoms with Gasteiger partial charge in [-0.05, 0) is 11.1 Å². The molecule has 0 unspecified atom stereocenters. The summed E-state index contributed by atoms with van der Waals surface area (Å²) < 4.78 is 0. The lowest BCUT2D eigenvalue weighted by molar-refractivity contribution is 0.435. The first-order valence-electron chi connectivity index (χ1n) is 9.05. The van der Waals surface area contributed by atoms with Crippen LogP contribution in [0.5, 0.6) is 0 Å². The molecular formula is C18H34N2Si. The van der Waals surface area contributed by atoms with Crippen molar-refractivity contribution < 1.29 is 0 Å². The van der Waals surface area contributed by atoms with Crippen LogP contribution in [0.3, 0.4) is 0 Å². The van der Waals surface area contributed by atoms with E-state index in [2.05, 4.69) is 23.1 Å². The maximum atomic E-state index is 4.02. The molecule has 2 saturated carbocycles. The highest BCUT2D eigenvalue weighted by Gasteiger charge is 2.47. The average Bonchev–Trinajstić information content (AvgIpc) is 2.57. The van der Waals surface area contributed by atoms with Crippen LogP contribution in [-0.2, 0) is 0 Å². The molecule has 3 heteroatoms. The predicted octanol–water partition coefficient (Wildman–Crippen LogP) is 4.65. The second kappa shape index (κ2) is 8.91. The first-order valence-corrected chi connectivity index (χ1v) is 11.2. The first kappa shape index (κ1) is 17.0. The third-order valence-corrected chi connectivity index (χ3v) is 10.9. The molecule has 0 aromatic carbocycles. The number of nitrogens with one attached hydrogen (secondary N) is 2. The fourth-order valence-corrected chi connectivity index (χ4v) is 10.1. The first-order chi connectivity index (χ1) is 10.3. The van der Waals surface area contributed by atoms with Crippen LogP contribution >= 0.6 is 0 Å². The van der Waals surface area contributed by atoms with Gasteiger partial charge in [0.25, 0.3) is 0 Å². The van der Waals surface area contributed by atoms with Crippen LogP contribution in [0.25, 0.3) is 0 Å². The van der Waals surface area contributed by atoms with E-state index in [0.29, 0.717) is 0 Å². The maximum Gasteiger partial charge on any atom is 0.208 e. The fourth-order valence-electron chi connectivity index (χ4n) is 4.57. The molecule has 0 amide bonds. The zero-order valence-corrected chi connectivity index (χ0v) is 14.7. The Morgan fingerprint density at radius 3 is 1.43 bits per heavy atom. The van der Waals surface area contributed by atoms with E-state index in [4.69, 9.17) is 0 Å². The van der Waals surface area contributed by atoms with E-state index in [1.54, 1.807) is 0 Å². The highest BCUT2D eigenvalue weighted by atomic mass is 28.3. The van der Waals surface area contributed by atoms with Gasteiger partial charge >= 0.3 is 0 Å². The monoisotopic (exact) mass is 306 g/mol. The molecule has 0 heterocycles. The Hall–Kier alpha value is -0.383. The Kier molecular flexibility index (Phi) is 7.21. The summed E-state index contributed by atoms with van der Waals surface area (Å²) >= 11 is 0. The molecule has 2 N–H and O–H groups in total. The van der Waals surface area contributed by atoms with E-state index in [0.717, 1.165) is 24.2 Å². The van der Waals surface area contributed by atoms with Crippen LogP contribution in [-0.4, -0.2) is 21.5 Å². The smallest absolute Gasteiger partial charge is 0.208 e. The van der Waals surface area contributed by atoms with Crippen molar-refractivity contribution in [2.75, 3.05) is 13.1 Å². The Labute approximate surface area is 132 Å². The van der Waals surface area contributed by atoms with Gasteiger partial charge in [-0.25, -0.2) is 0 Å². The largest absolute Gasteiger partial charge is 0.322 e. The van der Waals surface area contributed by atoms with Gasteiger partial charge in [0.2, 0.25) is 8.40 Å². The van der Waals surface area contributed by atoms with Gasteiger partial charge in [-0.15, -0.1) is 13.2 Å². The van der Waals surface area contributed by atoms with Crippen LogP contribution in [0.4, 0.5) is 0 Å². The van der Waals surface area contributed by atoms with Crippen molar-refractivity contribution in [3.05, 3.63) is 25.3 Å². The van der Waals surface area contributed by atoms with E-state index in [1.807, 2.05) is 12.2 Å². The third kappa shape index (κ3) is 4.30. The molecule has 0 radical (unpaired) electrons. The van der Waals surface area contributed by atoms with Gasteiger partial charge < -0.3 is 9.96 Å². The Balaban J connectivity index is 2.20. The van der Waals surface area contributed by atoms with Gasteiger partial charge in [0, 0.05) is 13.1 Å².